The van der Waals surface area contributed by atoms with E-state index in [4.69, 9.17) is 5.11 Å². The predicted molar refractivity (Wildman–Crippen MR) is 70.5 cm³/mol. The van der Waals surface area contributed by atoms with Gasteiger partial charge in [-0.2, -0.15) is 13.2 Å². The minimum atomic E-state index is -4.43. The van der Waals surface area contributed by atoms with Crippen molar-refractivity contribution < 1.29 is 27.9 Å². The molecule has 21 heavy (non-hydrogen) atoms. The van der Waals surface area contributed by atoms with Gasteiger partial charge in [0.1, 0.15) is 6.04 Å². The molecule has 120 valence electrons. The Bertz CT molecular complexity index is 395. The second-order valence-electron chi connectivity index (χ2n) is 5.30. The van der Waals surface area contributed by atoms with Gasteiger partial charge in [0.05, 0.1) is 5.92 Å². The Balaban J connectivity index is 2.74. The maximum atomic E-state index is 12.9. The summed E-state index contributed by atoms with van der Waals surface area (Å²) in [6.07, 6.45) is -1.39. The predicted octanol–water partition coefficient (Wildman–Crippen LogP) is 2.89. The van der Waals surface area contributed by atoms with E-state index in [1.165, 1.54) is 6.08 Å². The summed E-state index contributed by atoms with van der Waals surface area (Å²) in [6.45, 7) is 3.45. The number of rotatable bonds is 6. The molecule has 0 saturated heterocycles. The van der Waals surface area contributed by atoms with Gasteiger partial charge in [-0.1, -0.05) is 18.9 Å². The number of aliphatic carboxylic acids is 1. The molecule has 0 radical (unpaired) electrons. The molecule has 0 aromatic carbocycles. The first-order valence-corrected chi connectivity index (χ1v) is 6.98. The van der Waals surface area contributed by atoms with Crippen molar-refractivity contribution in [2.75, 3.05) is 0 Å². The Morgan fingerprint density at radius 2 is 1.95 bits per heavy atom. The number of hydrogen-bond donors (Lipinski definition) is 2. The monoisotopic (exact) mass is 307 g/mol. The quantitative estimate of drug-likeness (QED) is 0.742. The van der Waals surface area contributed by atoms with E-state index in [0.717, 1.165) is 0 Å². The summed E-state index contributed by atoms with van der Waals surface area (Å²) in [5.41, 5.74) is 0. The van der Waals surface area contributed by atoms with E-state index < -0.39 is 35.9 Å². The van der Waals surface area contributed by atoms with Gasteiger partial charge < -0.3 is 10.4 Å². The number of carbonyl (C=O) groups is 2. The van der Waals surface area contributed by atoms with Gasteiger partial charge in [0.2, 0.25) is 5.91 Å². The zero-order valence-electron chi connectivity index (χ0n) is 11.7. The van der Waals surface area contributed by atoms with Gasteiger partial charge in [-0.15, -0.1) is 6.58 Å². The number of carbonyl (C=O) groups excluding carboxylic acids is 1. The molecule has 0 bridgehead atoms. The lowest BCUT2D eigenvalue weighted by molar-refractivity contribution is -0.198. The summed E-state index contributed by atoms with van der Waals surface area (Å²) in [7, 11) is 0. The van der Waals surface area contributed by atoms with Crippen LogP contribution in [0.25, 0.3) is 0 Å². The summed E-state index contributed by atoms with van der Waals surface area (Å²) >= 11 is 0. The minimum Gasteiger partial charge on any atom is -0.480 e. The maximum Gasteiger partial charge on any atom is 0.392 e. The number of halogens is 3. The highest BCUT2D eigenvalue weighted by Gasteiger charge is 2.48. The van der Waals surface area contributed by atoms with Crippen molar-refractivity contribution in [3.8, 4) is 0 Å². The van der Waals surface area contributed by atoms with E-state index in [-0.39, 0.29) is 19.3 Å². The molecule has 1 saturated carbocycles. The number of carboxylic acid groups (broad SMARTS) is 1. The van der Waals surface area contributed by atoms with Gasteiger partial charge in [0.25, 0.3) is 0 Å². The molecule has 1 amide bonds. The van der Waals surface area contributed by atoms with Crippen LogP contribution in [0.1, 0.15) is 38.5 Å². The third kappa shape index (κ3) is 5.06. The standard InChI is InChI=1S/C14H20F3NO3/c1-2-3-8-11(13(20)21)18-12(19)9-6-4-5-7-10(9)14(15,16)17/h2,9-11H,1,3-8H2,(H,18,19)(H,20,21). The van der Waals surface area contributed by atoms with Crippen molar-refractivity contribution in [3.05, 3.63) is 12.7 Å². The highest BCUT2D eigenvalue weighted by molar-refractivity contribution is 5.85. The normalized spacial score (nSPS) is 24.1. The van der Waals surface area contributed by atoms with Gasteiger partial charge in [-0.05, 0) is 25.7 Å². The topological polar surface area (TPSA) is 66.4 Å². The molecule has 0 spiro atoms. The first-order valence-electron chi connectivity index (χ1n) is 6.98. The maximum absolute atomic E-state index is 12.9. The molecule has 0 aliphatic heterocycles. The van der Waals surface area contributed by atoms with Gasteiger partial charge >= 0.3 is 12.1 Å². The fourth-order valence-corrected chi connectivity index (χ4v) is 2.66. The number of alkyl halides is 3. The molecule has 0 heterocycles. The van der Waals surface area contributed by atoms with Crippen LogP contribution in [0.15, 0.2) is 12.7 Å². The zero-order valence-corrected chi connectivity index (χ0v) is 11.7. The Labute approximate surface area is 121 Å². The van der Waals surface area contributed by atoms with E-state index in [9.17, 15) is 22.8 Å². The zero-order chi connectivity index (χ0) is 16.0. The number of hydrogen-bond acceptors (Lipinski definition) is 2. The third-order valence-corrected chi connectivity index (χ3v) is 3.80. The highest BCUT2D eigenvalue weighted by Crippen LogP contribution is 2.41. The van der Waals surface area contributed by atoms with E-state index in [1.807, 2.05) is 0 Å². The molecule has 4 nitrogen and oxygen atoms in total. The number of allylic oxidation sites excluding steroid dienone is 1. The molecule has 1 fully saturated rings. The van der Waals surface area contributed by atoms with Crippen LogP contribution in [0.4, 0.5) is 13.2 Å². The van der Waals surface area contributed by atoms with Crippen LogP contribution in [0, 0.1) is 11.8 Å². The second kappa shape index (κ2) is 7.47. The van der Waals surface area contributed by atoms with Crippen molar-refractivity contribution >= 4 is 11.9 Å². The van der Waals surface area contributed by atoms with Crippen LogP contribution in [-0.2, 0) is 9.59 Å². The smallest absolute Gasteiger partial charge is 0.392 e. The lowest BCUT2D eigenvalue weighted by Crippen LogP contribution is -2.48. The number of nitrogens with one attached hydrogen (secondary N) is 1. The van der Waals surface area contributed by atoms with Crippen molar-refractivity contribution in [2.24, 2.45) is 11.8 Å². The van der Waals surface area contributed by atoms with Crippen molar-refractivity contribution in [1.29, 1.82) is 0 Å². The van der Waals surface area contributed by atoms with Crippen molar-refractivity contribution in [3.63, 3.8) is 0 Å². The van der Waals surface area contributed by atoms with E-state index in [0.29, 0.717) is 19.3 Å². The SMILES string of the molecule is C=CCCC(NC(=O)C1CCCCC1C(F)(F)F)C(=O)O. The molecule has 3 unspecified atom stereocenters. The molecular formula is C14H20F3NO3. The molecule has 0 aromatic heterocycles. The second-order valence-corrected chi connectivity index (χ2v) is 5.30. The van der Waals surface area contributed by atoms with Crippen LogP contribution < -0.4 is 5.32 Å². The average molecular weight is 307 g/mol. The van der Waals surface area contributed by atoms with Crippen LogP contribution >= 0.6 is 0 Å². The first kappa shape index (κ1) is 17.5. The Kier molecular flexibility index (Phi) is 6.23. The summed E-state index contributed by atoms with van der Waals surface area (Å²) in [5, 5.41) is 11.2. The summed E-state index contributed by atoms with van der Waals surface area (Å²) in [5.74, 6) is -4.93. The summed E-state index contributed by atoms with van der Waals surface area (Å²) < 4.78 is 38.8. The average Bonchev–Trinajstić information content (AvgIpc) is 2.42. The number of carboxylic acids is 1. The van der Waals surface area contributed by atoms with Crippen LogP contribution in [-0.4, -0.2) is 29.2 Å². The van der Waals surface area contributed by atoms with Crippen molar-refractivity contribution in [1.82, 2.24) is 5.32 Å². The Hall–Kier alpha value is -1.53. The third-order valence-electron chi connectivity index (χ3n) is 3.80. The Morgan fingerprint density at radius 1 is 1.33 bits per heavy atom. The molecule has 0 aromatic rings. The van der Waals surface area contributed by atoms with E-state index in [1.54, 1.807) is 0 Å². The Morgan fingerprint density at radius 3 is 2.48 bits per heavy atom. The lowest BCUT2D eigenvalue weighted by Gasteiger charge is -2.32. The van der Waals surface area contributed by atoms with Gasteiger partial charge in [0, 0.05) is 5.92 Å². The fourth-order valence-electron chi connectivity index (χ4n) is 2.66. The molecule has 1 rings (SSSR count). The first-order chi connectivity index (χ1) is 9.77. The summed E-state index contributed by atoms with van der Waals surface area (Å²) in [4.78, 5) is 23.1. The number of amides is 1. The van der Waals surface area contributed by atoms with Gasteiger partial charge in [-0.25, -0.2) is 4.79 Å². The summed E-state index contributed by atoms with van der Waals surface area (Å²) in [6, 6.07) is -1.17. The highest BCUT2D eigenvalue weighted by atomic mass is 19.4. The lowest BCUT2D eigenvalue weighted by atomic mass is 9.78. The molecule has 7 heteroatoms. The largest absolute Gasteiger partial charge is 0.480 e. The fraction of sp³-hybridized carbons (Fsp3) is 0.714. The molecule has 3 atom stereocenters. The molecule has 2 N–H and O–H groups in total. The minimum absolute atomic E-state index is 0.0774. The van der Waals surface area contributed by atoms with Gasteiger partial charge in [-0.3, -0.25) is 4.79 Å². The van der Waals surface area contributed by atoms with Crippen LogP contribution in [0.5, 0.6) is 0 Å². The molecule has 1 aliphatic carbocycles. The van der Waals surface area contributed by atoms with E-state index >= 15 is 0 Å². The van der Waals surface area contributed by atoms with Gasteiger partial charge in [0.15, 0.2) is 0 Å². The molecular weight excluding hydrogens is 287 g/mol. The van der Waals surface area contributed by atoms with Crippen molar-refractivity contribution in [2.45, 2.75) is 50.7 Å². The van der Waals surface area contributed by atoms with E-state index in [2.05, 4.69) is 11.9 Å². The van der Waals surface area contributed by atoms with Crippen LogP contribution in [0.2, 0.25) is 0 Å². The molecule has 1 aliphatic rings. The van der Waals surface area contributed by atoms with Crippen LogP contribution in [0.3, 0.4) is 0 Å².